The molecule has 0 unspecified atom stereocenters. The largest absolute Gasteiger partial charge is 0.338 e. The van der Waals surface area contributed by atoms with Crippen molar-refractivity contribution in [2.75, 3.05) is 20.1 Å². The second-order valence-electron chi connectivity index (χ2n) is 5.40. The summed E-state index contributed by atoms with van der Waals surface area (Å²) in [7, 11) is -2.10. The molecule has 1 fully saturated rings. The van der Waals surface area contributed by atoms with Crippen molar-refractivity contribution in [1.29, 1.82) is 0 Å². The number of rotatable bonds is 4. The number of amides is 1. The van der Waals surface area contributed by atoms with E-state index in [1.54, 1.807) is 18.7 Å². The fourth-order valence-corrected chi connectivity index (χ4v) is 3.55. The van der Waals surface area contributed by atoms with E-state index in [4.69, 9.17) is 11.6 Å². The Morgan fingerprint density at radius 2 is 1.95 bits per heavy atom. The summed E-state index contributed by atoms with van der Waals surface area (Å²) in [5.74, 6) is -0.212. The fourth-order valence-electron chi connectivity index (χ4n) is 1.96. The average Bonchev–Trinajstić information content (AvgIpc) is 2.35. The normalized spacial score (nSPS) is 15.4. The highest BCUT2D eigenvalue weighted by molar-refractivity contribution is 7.89. The van der Waals surface area contributed by atoms with Gasteiger partial charge in [-0.05, 0) is 38.5 Å². The van der Waals surface area contributed by atoms with Crippen LogP contribution in [-0.2, 0) is 10.0 Å². The lowest BCUT2D eigenvalue weighted by molar-refractivity contribution is 0.0652. The minimum atomic E-state index is -3.62. The van der Waals surface area contributed by atoms with Crippen LogP contribution >= 0.6 is 11.6 Å². The molecule has 0 aliphatic carbocycles. The van der Waals surface area contributed by atoms with Gasteiger partial charge >= 0.3 is 0 Å². The van der Waals surface area contributed by atoms with Crippen LogP contribution in [0.25, 0.3) is 0 Å². The molecule has 1 saturated heterocycles. The Labute approximate surface area is 130 Å². The average molecular weight is 331 g/mol. The number of carbonyl (C=O) groups is 1. The maximum Gasteiger partial charge on any atom is 0.255 e. The quantitative estimate of drug-likeness (QED) is 0.850. The first kappa shape index (κ1) is 16.3. The third kappa shape index (κ3) is 3.07. The lowest BCUT2D eigenvalue weighted by Crippen LogP contribution is -2.42. The summed E-state index contributed by atoms with van der Waals surface area (Å²) in [5.41, 5.74) is 0.245. The van der Waals surface area contributed by atoms with Crippen LogP contribution in [0.4, 0.5) is 0 Å². The Bertz CT molecular complexity index is 654. The van der Waals surface area contributed by atoms with Crippen LogP contribution in [0.1, 0.15) is 30.6 Å². The van der Waals surface area contributed by atoms with Crippen molar-refractivity contribution in [3.63, 3.8) is 0 Å². The molecule has 1 aliphatic rings. The van der Waals surface area contributed by atoms with Gasteiger partial charge in [0, 0.05) is 26.2 Å². The molecule has 0 saturated carbocycles. The van der Waals surface area contributed by atoms with E-state index in [0.29, 0.717) is 13.1 Å². The molecule has 7 heteroatoms. The number of likely N-dealkylation sites (tertiary alicyclic amines) is 1. The van der Waals surface area contributed by atoms with Gasteiger partial charge in [-0.1, -0.05) is 11.6 Å². The molecule has 1 aromatic carbocycles. The van der Waals surface area contributed by atoms with E-state index in [9.17, 15) is 13.2 Å². The maximum absolute atomic E-state index is 12.5. The molecule has 0 N–H and O–H groups in total. The number of hydrogen-bond acceptors (Lipinski definition) is 3. The molecule has 0 radical (unpaired) electrons. The fraction of sp³-hybridized carbons (Fsp3) is 0.500. The van der Waals surface area contributed by atoms with Gasteiger partial charge in [0.05, 0.1) is 15.5 Å². The van der Waals surface area contributed by atoms with Crippen molar-refractivity contribution in [3.05, 3.63) is 28.8 Å². The van der Waals surface area contributed by atoms with Gasteiger partial charge in [-0.15, -0.1) is 0 Å². The molecule has 116 valence electrons. The monoisotopic (exact) mass is 330 g/mol. The topological polar surface area (TPSA) is 57.7 Å². The van der Waals surface area contributed by atoms with E-state index in [1.165, 1.54) is 29.6 Å². The lowest BCUT2D eigenvalue weighted by atomic mass is 10.1. The first-order valence-electron chi connectivity index (χ1n) is 6.82. The van der Waals surface area contributed by atoms with Gasteiger partial charge in [-0.3, -0.25) is 4.79 Å². The van der Waals surface area contributed by atoms with Gasteiger partial charge in [0.1, 0.15) is 0 Å². The molecule has 1 heterocycles. The van der Waals surface area contributed by atoms with Crippen LogP contribution < -0.4 is 0 Å². The van der Waals surface area contributed by atoms with Gasteiger partial charge in [0.2, 0.25) is 10.0 Å². The van der Waals surface area contributed by atoms with E-state index in [-0.39, 0.29) is 27.4 Å². The first-order valence-corrected chi connectivity index (χ1v) is 8.64. The Kier molecular flexibility index (Phi) is 4.60. The number of benzene rings is 1. The molecule has 5 nitrogen and oxygen atoms in total. The molecule has 21 heavy (non-hydrogen) atoms. The Balaban J connectivity index is 2.41. The predicted molar refractivity (Wildman–Crippen MR) is 82.1 cm³/mol. The summed E-state index contributed by atoms with van der Waals surface area (Å²) < 4.78 is 26.2. The lowest BCUT2D eigenvalue weighted by Gasteiger charge is -2.31. The van der Waals surface area contributed by atoms with Crippen LogP contribution in [0.15, 0.2) is 23.1 Å². The zero-order valence-corrected chi connectivity index (χ0v) is 13.9. The highest BCUT2D eigenvalue weighted by atomic mass is 35.5. The summed E-state index contributed by atoms with van der Waals surface area (Å²) in [6.07, 6.45) is 0.970. The summed E-state index contributed by atoms with van der Waals surface area (Å²) in [6.45, 7) is 4.97. The Morgan fingerprint density at radius 3 is 2.43 bits per heavy atom. The molecule has 1 aromatic rings. The van der Waals surface area contributed by atoms with Crippen molar-refractivity contribution < 1.29 is 13.2 Å². The molecule has 0 aromatic heterocycles. The Hall–Kier alpha value is -1.11. The minimum absolute atomic E-state index is 0.0898. The van der Waals surface area contributed by atoms with Crippen LogP contribution in [0.2, 0.25) is 5.02 Å². The van der Waals surface area contributed by atoms with Crippen LogP contribution in [0.3, 0.4) is 0 Å². The Morgan fingerprint density at radius 1 is 1.33 bits per heavy atom. The van der Waals surface area contributed by atoms with Crippen molar-refractivity contribution in [2.45, 2.75) is 31.2 Å². The second kappa shape index (κ2) is 5.94. The molecule has 0 bridgehead atoms. The zero-order valence-electron chi connectivity index (χ0n) is 12.3. The van der Waals surface area contributed by atoms with Crippen molar-refractivity contribution >= 4 is 27.5 Å². The molecule has 0 atom stereocenters. The summed E-state index contributed by atoms with van der Waals surface area (Å²) >= 11 is 6.05. The second-order valence-corrected chi connectivity index (χ2v) is 7.81. The molecule has 0 spiro atoms. The molecule has 1 aliphatic heterocycles. The molecular formula is C14H19ClN2O3S. The van der Waals surface area contributed by atoms with Crippen LogP contribution in [-0.4, -0.2) is 49.7 Å². The van der Waals surface area contributed by atoms with Crippen molar-refractivity contribution in [2.24, 2.45) is 0 Å². The highest BCUT2D eigenvalue weighted by Gasteiger charge is 2.27. The van der Waals surface area contributed by atoms with Crippen LogP contribution in [0.5, 0.6) is 0 Å². The number of sulfonamides is 1. The molecule has 1 amide bonds. The summed E-state index contributed by atoms with van der Waals surface area (Å²) in [4.78, 5) is 14.0. The van der Waals surface area contributed by atoms with E-state index < -0.39 is 10.0 Å². The van der Waals surface area contributed by atoms with E-state index in [0.717, 1.165) is 6.42 Å². The number of carbonyl (C=O) groups excluding carboxylic acids is 1. The third-order valence-electron chi connectivity index (χ3n) is 3.72. The molecular weight excluding hydrogens is 312 g/mol. The highest BCUT2D eigenvalue weighted by Crippen LogP contribution is 2.25. The van der Waals surface area contributed by atoms with Crippen molar-refractivity contribution in [3.8, 4) is 0 Å². The third-order valence-corrected chi connectivity index (χ3v) is 6.07. The van der Waals surface area contributed by atoms with Gasteiger partial charge < -0.3 is 4.90 Å². The van der Waals surface area contributed by atoms with E-state index >= 15 is 0 Å². The summed E-state index contributed by atoms with van der Waals surface area (Å²) in [6, 6.07) is 4.11. The number of hydrogen-bond donors (Lipinski definition) is 0. The zero-order chi connectivity index (χ0) is 15.8. The SMILES string of the molecule is CC(C)N(C)S(=O)(=O)c1ccc(Cl)c(C(=O)N2CCC2)c1. The van der Waals surface area contributed by atoms with Gasteiger partial charge in [-0.25, -0.2) is 8.42 Å². The summed E-state index contributed by atoms with van der Waals surface area (Å²) in [5, 5.41) is 0.276. The van der Waals surface area contributed by atoms with E-state index in [1.807, 2.05) is 0 Å². The standard InChI is InChI=1S/C14H19ClN2O3S/c1-10(2)16(3)21(19,20)11-5-6-13(15)12(9-11)14(18)17-7-4-8-17/h5-6,9-10H,4,7-8H2,1-3H3. The molecule has 2 rings (SSSR count). The van der Waals surface area contributed by atoms with E-state index in [2.05, 4.69) is 0 Å². The number of halogens is 1. The van der Waals surface area contributed by atoms with Crippen molar-refractivity contribution in [1.82, 2.24) is 9.21 Å². The van der Waals surface area contributed by atoms with Gasteiger partial charge in [0.25, 0.3) is 5.91 Å². The minimum Gasteiger partial charge on any atom is -0.338 e. The maximum atomic E-state index is 12.5. The first-order chi connectivity index (χ1) is 9.75. The smallest absolute Gasteiger partial charge is 0.255 e. The van der Waals surface area contributed by atoms with Gasteiger partial charge in [-0.2, -0.15) is 4.31 Å². The van der Waals surface area contributed by atoms with Gasteiger partial charge in [0.15, 0.2) is 0 Å². The van der Waals surface area contributed by atoms with Crippen LogP contribution in [0, 0.1) is 0 Å². The predicted octanol–water partition coefficient (Wildman–Crippen LogP) is 2.21. The number of nitrogens with zero attached hydrogens (tertiary/aromatic N) is 2.